The lowest BCUT2D eigenvalue weighted by Crippen LogP contribution is -2.48. The summed E-state index contributed by atoms with van der Waals surface area (Å²) in [5, 5.41) is 23.2. The van der Waals surface area contributed by atoms with E-state index in [2.05, 4.69) is 28.1 Å². The van der Waals surface area contributed by atoms with Gasteiger partial charge in [0, 0.05) is 34.5 Å². The van der Waals surface area contributed by atoms with Gasteiger partial charge in [-0.05, 0) is 37.6 Å². The highest BCUT2D eigenvalue weighted by atomic mass is 16.6. The highest BCUT2D eigenvalue weighted by Gasteiger charge is 2.69. The van der Waals surface area contributed by atoms with Gasteiger partial charge >= 0.3 is 0 Å². The molecule has 4 aliphatic rings. The summed E-state index contributed by atoms with van der Waals surface area (Å²) in [5.41, 5.74) is 3.01. The van der Waals surface area contributed by atoms with Crippen LogP contribution in [0.5, 0.6) is 0 Å². The minimum atomic E-state index is -1.11. The molecule has 3 N–H and O–H groups in total. The van der Waals surface area contributed by atoms with Crippen LogP contribution in [0.15, 0.2) is 24.3 Å². The van der Waals surface area contributed by atoms with Gasteiger partial charge in [0.1, 0.15) is 0 Å². The number of para-hydroxylation sites is 1. The number of nitrogens with zero attached hydrogens (tertiary/aromatic N) is 1. The summed E-state index contributed by atoms with van der Waals surface area (Å²) >= 11 is 0. The summed E-state index contributed by atoms with van der Waals surface area (Å²) in [6.45, 7) is 2.39. The zero-order valence-corrected chi connectivity index (χ0v) is 13.5. The maximum Gasteiger partial charge on any atom is 0.174 e. The fraction of sp³-hybridized carbons (Fsp3) is 0.579. The van der Waals surface area contributed by atoms with Crippen molar-refractivity contribution in [3.05, 3.63) is 35.5 Å². The average molecular weight is 326 g/mol. The topological polar surface area (TPSA) is 68.7 Å². The number of hydrogen-bond acceptors (Lipinski definition) is 4. The summed E-state index contributed by atoms with van der Waals surface area (Å²) in [5.74, 6) is -1.08. The molecule has 1 aliphatic carbocycles. The van der Waals surface area contributed by atoms with Crippen LogP contribution in [0.1, 0.15) is 30.1 Å². The lowest BCUT2D eigenvalue weighted by atomic mass is 9.69. The lowest BCUT2D eigenvalue weighted by Gasteiger charge is -2.37. The van der Waals surface area contributed by atoms with Gasteiger partial charge in [0.05, 0.1) is 18.6 Å². The molecule has 4 heterocycles. The first kappa shape index (κ1) is 13.8. The predicted molar refractivity (Wildman–Crippen MR) is 88.5 cm³/mol. The molecule has 0 amide bonds. The van der Waals surface area contributed by atoms with Crippen molar-refractivity contribution in [2.45, 2.75) is 30.1 Å². The zero-order valence-electron chi connectivity index (χ0n) is 13.5. The van der Waals surface area contributed by atoms with Crippen LogP contribution in [0.3, 0.4) is 0 Å². The number of benzene rings is 1. The van der Waals surface area contributed by atoms with Gasteiger partial charge in [-0.15, -0.1) is 0 Å². The van der Waals surface area contributed by atoms with Crippen molar-refractivity contribution in [2.24, 2.45) is 11.8 Å². The Balaban J connectivity index is 1.76. The summed E-state index contributed by atoms with van der Waals surface area (Å²) in [6.07, 6.45) is 1.83. The number of nitrogens with one attached hydrogen (secondary N) is 1. The number of H-pyrrole nitrogens is 1. The Labute approximate surface area is 140 Å². The Kier molecular flexibility index (Phi) is 2.43. The van der Waals surface area contributed by atoms with Crippen LogP contribution in [0.2, 0.25) is 0 Å². The molecular weight excluding hydrogens is 304 g/mol. The van der Waals surface area contributed by atoms with Gasteiger partial charge in [0.2, 0.25) is 0 Å². The molecule has 6 bridgehead atoms. The van der Waals surface area contributed by atoms with Crippen LogP contribution in [0.4, 0.5) is 0 Å². The van der Waals surface area contributed by atoms with Crippen LogP contribution in [-0.2, 0) is 10.2 Å². The molecule has 6 rings (SSSR count). The lowest BCUT2D eigenvalue weighted by molar-refractivity contribution is -0.231. The molecule has 0 radical (unpaired) electrons. The third-order valence-corrected chi connectivity index (χ3v) is 7.29. The van der Waals surface area contributed by atoms with E-state index < -0.39 is 11.2 Å². The number of hydrogen-bond donors (Lipinski definition) is 3. The van der Waals surface area contributed by atoms with Crippen molar-refractivity contribution in [3.8, 4) is 0 Å². The molecule has 5 unspecified atom stereocenters. The molecule has 0 spiro atoms. The molecule has 5 heteroatoms. The van der Waals surface area contributed by atoms with Gasteiger partial charge in [-0.2, -0.15) is 0 Å². The SMILES string of the molecule is OC[C@@]12COC3(O)C4CCN(CCC31)C4c1c2[nH]c2ccccc12. The van der Waals surface area contributed by atoms with E-state index in [0.29, 0.717) is 6.61 Å². The molecule has 0 saturated carbocycles. The second-order valence-electron chi connectivity index (χ2n) is 8.03. The first-order chi connectivity index (χ1) is 11.7. The number of aliphatic hydroxyl groups is 2. The number of fused-ring (bicyclic) bond motifs is 4. The highest BCUT2D eigenvalue weighted by molar-refractivity contribution is 5.86. The molecular formula is C19H22N2O3. The number of aromatic amines is 1. The second kappa shape index (κ2) is 4.22. The Hall–Kier alpha value is -1.40. The molecule has 126 valence electrons. The van der Waals surface area contributed by atoms with Gasteiger partial charge in [-0.3, -0.25) is 4.90 Å². The van der Waals surface area contributed by atoms with Crippen molar-refractivity contribution in [2.75, 3.05) is 26.3 Å². The minimum Gasteiger partial charge on any atom is -0.395 e. The average Bonchev–Trinajstić information content (AvgIpc) is 3.19. The molecule has 6 atom stereocenters. The molecule has 3 aliphatic heterocycles. The van der Waals surface area contributed by atoms with Gasteiger partial charge < -0.3 is 19.9 Å². The van der Waals surface area contributed by atoms with Gasteiger partial charge in [0.15, 0.2) is 5.79 Å². The first-order valence-corrected chi connectivity index (χ1v) is 9.01. The fourth-order valence-corrected chi connectivity index (χ4v) is 6.25. The Morgan fingerprint density at radius 1 is 1.25 bits per heavy atom. The van der Waals surface area contributed by atoms with E-state index in [1.807, 2.05) is 6.07 Å². The molecule has 24 heavy (non-hydrogen) atoms. The second-order valence-corrected chi connectivity index (χ2v) is 8.03. The van der Waals surface area contributed by atoms with Crippen LogP contribution in [0, 0.1) is 11.8 Å². The quantitative estimate of drug-likeness (QED) is 0.743. The summed E-state index contributed by atoms with van der Waals surface area (Å²) in [6, 6.07) is 8.59. The fourth-order valence-electron chi connectivity index (χ4n) is 6.25. The van der Waals surface area contributed by atoms with Crippen LogP contribution < -0.4 is 0 Å². The van der Waals surface area contributed by atoms with Crippen LogP contribution in [-0.4, -0.2) is 52.2 Å². The van der Waals surface area contributed by atoms with Crippen molar-refractivity contribution in [1.82, 2.24) is 9.88 Å². The third kappa shape index (κ3) is 1.31. The number of aromatic nitrogens is 1. The number of rotatable bonds is 1. The van der Waals surface area contributed by atoms with Gasteiger partial charge in [-0.1, -0.05) is 18.2 Å². The van der Waals surface area contributed by atoms with Crippen molar-refractivity contribution in [3.63, 3.8) is 0 Å². The van der Waals surface area contributed by atoms with Crippen LogP contribution >= 0.6 is 0 Å². The zero-order chi connectivity index (χ0) is 16.1. The third-order valence-electron chi connectivity index (χ3n) is 7.29. The largest absolute Gasteiger partial charge is 0.395 e. The minimum absolute atomic E-state index is 0.0131. The normalized spacial score (nSPS) is 45.4. The van der Waals surface area contributed by atoms with E-state index in [-0.39, 0.29) is 24.5 Å². The monoisotopic (exact) mass is 326 g/mol. The van der Waals surface area contributed by atoms with Crippen molar-refractivity contribution >= 4 is 10.9 Å². The molecule has 1 aromatic carbocycles. The molecule has 3 saturated heterocycles. The Bertz CT molecular complexity index is 848. The molecule has 5 nitrogen and oxygen atoms in total. The van der Waals surface area contributed by atoms with Gasteiger partial charge in [-0.25, -0.2) is 0 Å². The van der Waals surface area contributed by atoms with Gasteiger partial charge in [0.25, 0.3) is 0 Å². The molecule has 3 fully saturated rings. The molecule has 2 aromatic rings. The standard InChI is InChI=1S/C19H22N2O3/c22-9-18-10-24-19(23)12-5-7-21(8-6-14(18)19)16(12)15-11-3-1-2-4-13(11)20-17(15)18/h1-4,12,14,16,20,22-23H,5-10H2/t12?,14?,16?,18-,19?/m1/s1. The maximum absolute atomic E-state index is 11.5. The van der Waals surface area contributed by atoms with E-state index in [9.17, 15) is 10.2 Å². The number of aliphatic hydroxyl groups excluding tert-OH is 1. The van der Waals surface area contributed by atoms with E-state index >= 15 is 0 Å². The van der Waals surface area contributed by atoms with Crippen molar-refractivity contribution in [1.29, 1.82) is 0 Å². The summed E-state index contributed by atoms with van der Waals surface area (Å²) in [7, 11) is 0. The highest BCUT2D eigenvalue weighted by Crippen LogP contribution is 2.63. The molecule has 1 aromatic heterocycles. The van der Waals surface area contributed by atoms with E-state index in [0.717, 1.165) is 37.1 Å². The smallest absolute Gasteiger partial charge is 0.174 e. The van der Waals surface area contributed by atoms with E-state index in [4.69, 9.17) is 4.74 Å². The first-order valence-electron chi connectivity index (χ1n) is 9.01. The Morgan fingerprint density at radius 2 is 2.08 bits per heavy atom. The van der Waals surface area contributed by atoms with Crippen molar-refractivity contribution < 1.29 is 14.9 Å². The predicted octanol–water partition coefficient (Wildman–Crippen LogP) is 1.51. The van der Waals surface area contributed by atoms with Crippen LogP contribution in [0.25, 0.3) is 10.9 Å². The number of ether oxygens (including phenoxy) is 1. The van der Waals surface area contributed by atoms with E-state index in [1.54, 1.807) is 0 Å². The van der Waals surface area contributed by atoms with E-state index in [1.165, 1.54) is 10.9 Å². The summed E-state index contributed by atoms with van der Waals surface area (Å²) < 4.78 is 6.08. The maximum atomic E-state index is 11.5. The summed E-state index contributed by atoms with van der Waals surface area (Å²) in [4.78, 5) is 6.13. The Morgan fingerprint density at radius 3 is 2.96 bits per heavy atom.